The molecule has 0 aliphatic carbocycles. The third-order valence-electron chi connectivity index (χ3n) is 3.65. The van der Waals surface area contributed by atoms with Crippen molar-refractivity contribution in [2.75, 3.05) is 0 Å². The molecule has 0 saturated carbocycles. The van der Waals surface area contributed by atoms with E-state index in [0.717, 1.165) is 33.4 Å². The molecule has 3 aromatic rings. The van der Waals surface area contributed by atoms with Crippen LogP contribution in [0.5, 0.6) is 0 Å². The molecule has 2 aromatic heterocycles. The van der Waals surface area contributed by atoms with E-state index in [4.69, 9.17) is 0 Å². The third-order valence-corrected chi connectivity index (χ3v) is 5.68. The number of hydrogen-bond donors (Lipinski definition) is 1. The zero-order valence-electron chi connectivity index (χ0n) is 14.6. The van der Waals surface area contributed by atoms with Crippen molar-refractivity contribution in [2.24, 2.45) is 5.92 Å². The molecule has 1 N–H and O–H groups in total. The van der Waals surface area contributed by atoms with Gasteiger partial charge in [0.25, 0.3) is 5.91 Å². The number of aryl methyl sites for hydroxylation is 1. The van der Waals surface area contributed by atoms with E-state index in [0.29, 0.717) is 17.3 Å². The van der Waals surface area contributed by atoms with Crippen LogP contribution in [-0.2, 0) is 13.0 Å². The van der Waals surface area contributed by atoms with Crippen molar-refractivity contribution >= 4 is 28.6 Å². The predicted octanol–water partition coefficient (Wildman–Crippen LogP) is 4.70. The molecular weight excluding hydrogens is 350 g/mol. The lowest BCUT2D eigenvalue weighted by atomic mass is 10.1. The number of amides is 1. The quantitative estimate of drug-likeness (QED) is 0.683. The van der Waals surface area contributed by atoms with Crippen molar-refractivity contribution in [1.82, 2.24) is 15.3 Å². The summed E-state index contributed by atoms with van der Waals surface area (Å²) in [5.41, 5.74) is 2.85. The van der Waals surface area contributed by atoms with E-state index >= 15 is 0 Å². The molecule has 0 atom stereocenters. The highest BCUT2D eigenvalue weighted by Crippen LogP contribution is 2.23. The Balaban J connectivity index is 1.63. The number of nitrogens with zero attached hydrogens (tertiary/aromatic N) is 2. The first-order valence-electron chi connectivity index (χ1n) is 8.27. The molecule has 0 unspecified atom stereocenters. The van der Waals surface area contributed by atoms with Crippen LogP contribution in [0, 0.1) is 12.8 Å². The first kappa shape index (κ1) is 17.8. The van der Waals surface area contributed by atoms with Gasteiger partial charge in [-0.3, -0.25) is 4.79 Å². The zero-order chi connectivity index (χ0) is 17.8. The van der Waals surface area contributed by atoms with Crippen molar-refractivity contribution in [2.45, 2.75) is 33.7 Å². The Morgan fingerprint density at radius 1 is 1.16 bits per heavy atom. The Kier molecular flexibility index (Phi) is 5.60. The standard InChI is InChI=1S/C19H21N3OS2/c1-12(2)9-16-21-13(3)18(25-16)19(23)20-10-17-22-15(11-24-17)14-7-5-4-6-8-14/h4-8,11-12H,9-10H2,1-3H3,(H,20,23). The van der Waals surface area contributed by atoms with E-state index in [2.05, 4.69) is 29.1 Å². The molecular formula is C19H21N3OS2. The molecule has 4 nitrogen and oxygen atoms in total. The normalized spacial score (nSPS) is 11.0. The van der Waals surface area contributed by atoms with Crippen LogP contribution in [0.4, 0.5) is 0 Å². The minimum Gasteiger partial charge on any atom is -0.345 e. The Morgan fingerprint density at radius 2 is 1.92 bits per heavy atom. The first-order chi connectivity index (χ1) is 12.0. The van der Waals surface area contributed by atoms with Gasteiger partial charge in [0.1, 0.15) is 9.88 Å². The Labute approximate surface area is 156 Å². The molecule has 1 aromatic carbocycles. The summed E-state index contributed by atoms with van der Waals surface area (Å²) >= 11 is 3.05. The van der Waals surface area contributed by atoms with Gasteiger partial charge in [-0.25, -0.2) is 9.97 Å². The Hall–Kier alpha value is -2.05. The molecule has 0 bridgehead atoms. The number of carbonyl (C=O) groups is 1. The fourth-order valence-corrected chi connectivity index (χ4v) is 4.41. The summed E-state index contributed by atoms with van der Waals surface area (Å²) in [4.78, 5) is 22.3. The smallest absolute Gasteiger partial charge is 0.263 e. The molecule has 130 valence electrons. The fourth-order valence-electron chi connectivity index (χ4n) is 2.47. The first-order valence-corrected chi connectivity index (χ1v) is 9.97. The van der Waals surface area contributed by atoms with E-state index in [-0.39, 0.29) is 5.91 Å². The molecule has 0 radical (unpaired) electrons. The number of carbonyl (C=O) groups excluding carboxylic acids is 1. The van der Waals surface area contributed by atoms with Gasteiger partial charge in [-0.2, -0.15) is 0 Å². The molecule has 6 heteroatoms. The van der Waals surface area contributed by atoms with Crippen molar-refractivity contribution < 1.29 is 4.79 Å². The average Bonchev–Trinajstić information content (AvgIpc) is 3.20. The minimum atomic E-state index is -0.0681. The summed E-state index contributed by atoms with van der Waals surface area (Å²) in [5, 5.41) is 6.92. The van der Waals surface area contributed by atoms with Crippen molar-refractivity contribution in [3.8, 4) is 11.3 Å². The number of thiazole rings is 2. The highest BCUT2D eigenvalue weighted by Gasteiger charge is 2.16. The second-order valence-electron chi connectivity index (χ2n) is 6.30. The number of nitrogens with one attached hydrogen (secondary N) is 1. The highest BCUT2D eigenvalue weighted by molar-refractivity contribution is 7.13. The van der Waals surface area contributed by atoms with Gasteiger partial charge < -0.3 is 5.32 Å². The van der Waals surface area contributed by atoms with Gasteiger partial charge in [0.15, 0.2) is 0 Å². The van der Waals surface area contributed by atoms with Crippen molar-refractivity contribution in [3.63, 3.8) is 0 Å². The van der Waals surface area contributed by atoms with Gasteiger partial charge in [0, 0.05) is 17.4 Å². The number of aromatic nitrogens is 2. The predicted molar refractivity (Wildman–Crippen MR) is 104 cm³/mol. The van der Waals surface area contributed by atoms with Crippen molar-refractivity contribution in [3.05, 3.63) is 56.3 Å². The van der Waals surface area contributed by atoms with Gasteiger partial charge >= 0.3 is 0 Å². The third kappa shape index (κ3) is 4.52. The van der Waals surface area contributed by atoms with Gasteiger partial charge in [-0.1, -0.05) is 44.2 Å². The molecule has 0 spiro atoms. The number of benzene rings is 1. The number of rotatable bonds is 6. The van der Waals surface area contributed by atoms with Crippen molar-refractivity contribution in [1.29, 1.82) is 0 Å². The van der Waals surface area contributed by atoms with E-state index in [1.807, 2.05) is 42.6 Å². The molecule has 25 heavy (non-hydrogen) atoms. The van der Waals surface area contributed by atoms with Crippen LogP contribution in [-0.4, -0.2) is 15.9 Å². The van der Waals surface area contributed by atoms with Gasteiger partial charge in [0.05, 0.1) is 22.9 Å². The second kappa shape index (κ2) is 7.89. The number of hydrogen-bond acceptors (Lipinski definition) is 5. The average molecular weight is 372 g/mol. The largest absolute Gasteiger partial charge is 0.345 e. The second-order valence-corrected chi connectivity index (χ2v) is 8.32. The summed E-state index contributed by atoms with van der Waals surface area (Å²) in [6.45, 7) is 6.64. The van der Waals surface area contributed by atoms with Crippen LogP contribution in [0.15, 0.2) is 35.7 Å². The minimum absolute atomic E-state index is 0.0681. The zero-order valence-corrected chi connectivity index (χ0v) is 16.2. The van der Waals surface area contributed by atoms with E-state index < -0.39 is 0 Å². The topological polar surface area (TPSA) is 54.9 Å². The molecule has 0 aliphatic heterocycles. The lowest BCUT2D eigenvalue weighted by molar-refractivity contribution is 0.0954. The van der Waals surface area contributed by atoms with Crippen LogP contribution in [0.3, 0.4) is 0 Å². The van der Waals surface area contributed by atoms with Crippen LogP contribution in [0.25, 0.3) is 11.3 Å². The molecule has 0 fully saturated rings. The van der Waals surface area contributed by atoms with E-state index in [1.54, 1.807) is 11.3 Å². The maximum atomic E-state index is 12.5. The molecule has 2 heterocycles. The molecule has 3 rings (SSSR count). The van der Waals surface area contributed by atoms with Crippen LogP contribution in [0.1, 0.15) is 39.2 Å². The lowest BCUT2D eigenvalue weighted by Crippen LogP contribution is -2.22. The molecule has 0 aliphatic rings. The van der Waals surface area contributed by atoms with E-state index in [9.17, 15) is 4.79 Å². The Morgan fingerprint density at radius 3 is 2.64 bits per heavy atom. The van der Waals surface area contributed by atoms with Gasteiger partial charge in [-0.05, 0) is 12.8 Å². The summed E-state index contributed by atoms with van der Waals surface area (Å²) in [7, 11) is 0. The summed E-state index contributed by atoms with van der Waals surface area (Å²) in [6.07, 6.45) is 0.908. The lowest BCUT2D eigenvalue weighted by Gasteiger charge is -2.01. The molecule has 1 amide bonds. The maximum Gasteiger partial charge on any atom is 0.263 e. The SMILES string of the molecule is Cc1nc(CC(C)C)sc1C(=O)NCc1nc(-c2ccccc2)cs1. The highest BCUT2D eigenvalue weighted by atomic mass is 32.1. The van der Waals surface area contributed by atoms with Crippen LogP contribution < -0.4 is 5.32 Å². The van der Waals surface area contributed by atoms with E-state index in [1.165, 1.54) is 11.3 Å². The summed E-state index contributed by atoms with van der Waals surface area (Å²) in [6, 6.07) is 10.1. The maximum absolute atomic E-state index is 12.5. The van der Waals surface area contributed by atoms with Crippen LogP contribution >= 0.6 is 22.7 Å². The van der Waals surface area contributed by atoms with Gasteiger partial charge in [-0.15, -0.1) is 22.7 Å². The summed E-state index contributed by atoms with van der Waals surface area (Å²) in [5.74, 6) is 0.467. The summed E-state index contributed by atoms with van der Waals surface area (Å²) < 4.78 is 0. The van der Waals surface area contributed by atoms with Gasteiger partial charge in [0.2, 0.25) is 0 Å². The fraction of sp³-hybridized carbons (Fsp3) is 0.316. The molecule has 0 saturated heterocycles. The monoisotopic (exact) mass is 371 g/mol. The van der Waals surface area contributed by atoms with Crippen LogP contribution in [0.2, 0.25) is 0 Å². The Bertz CT molecular complexity index is 853.